The highest BCUT2D eigenvalue weighted by atomic mass is 32.2. The molecule has 2 rings (SSSR count). The molecule has 4 heteroatoms. The Kier molecular flexibility index (Phi) is 5.91. The molecular weight excluding hydrogens is 282 g/mol. The zero-order valence-electron chi connectivity index (χ0n) is 11.8. The van der Waals surface area contributed by atoms with E-state index in [0.717, 1.165) is 16.2 Å². The molecule has 2 aromatic carbocycles. The lowest BCUT2D eigenvalue weighted by Crippen LogP contribution is -2.20. The van der Waals surface area contributed by atoms with Gasteiger partial charge >= 0.3 is 0 Å². The number of carbonyl (C=O) groups is 1. The van der Waals surface area contributed by atoms with E-state index in [0.29, 0.717) is 6.54 Å². The van der Waals surface area contributed by atoms with Crippen molar-refractivity contribution in [2.24, 2.45) is 0 Å². The van der Waals surface area contributed by atoms with E-state index in [4.69, 9.17) is 4.74 Å². The van der Waals surface area contributed by atoms with Crippen LogP contribution >= 0.6 is 11.8 Å². The molecule has 3 nitrogen and oxygen atoms in total. The van der Waals surface area contributed by atoms with Gasteiger partial charge in [-0.05, 0) is 23.6 Å². The molecule has 21 heavy (non-hydrogen) atoms. The normalized spacial score (nSPS) is 10.5. The highest BCUT2D eigenvalue weighted by Crippen LogP contribution is 2.18. The van der Waals surface area contributed by atoms with Gasteiger partial charge in [0.15, 0.2) is 0 Å². The molecule has 0 aliphatic heterocycles. The van der Waals surface area contributed by atoms with Gasteiger partial charge < -0.3 is 10.1 Å². The van der Waals surface area contributed by atoms with Crippen molar-refractivity contribution < 1.29 is 9.53 Å². The van der Waals surface area contributed by atoms with Gasteiger partial charge in [0, 0.05) is 23.1 Å². The molecule has 0 saturated heterocycles. The minimum absolute atomic E-state index is 0.121. The number of thioether (sulfide) groups is 1. The van der Waals surface area contributed by atoms with Crippen LogP contribution in [-0.2, 0) is 11.3 Å². The summed E-state index contributed by atoms with van der Waals surface area (Å²) in [7, 11) is 1.62. The Morgan fingerprint density at radius 2 is 1.86 bits per heavy atom. The first kappa shape index (κ1) is 15.2. The van der Waals surface area contributed by atoms with E-state index >= 15 is 0 Å². The number of benzene rings is 2. The maximum atomic E-state index is 11.8. The molecule has 0 saturated carbocycles. The van der Waals surface area contributed by atoms with Gasteiger partial charge in [0.1, 0.15) is 5.75 Å². The van der Waals surface area contributed by atoms with Crippen LogP contribution in [0.15, 0.2) is 71.0 Å². The Bertz CT molecular complexity index is 611. The van der Waals surface area contributed by atoms with Crippen molar-refractivity contribution >= 4 is 17.7 Å². The number of ether oxygens (including phenoxy) is 1. The van der Waals surface area contributed by atoms with E-state index in [1.807, 2.05) is 54.6 Å². The van der Waals surface area contributed by atoms with Gasteiger partial charge in [-0.15, -0.1) is 0 Å². The molecule has 108 valence electrons. The van der Waals surface area contributed by atoms with Crippen LogP contribution in [0.3, 0.4) is 0 Å². The summed E-state index contributed by atoms with van der Waals surface area (Å²) in [6, 6.07) is 17.5. The number of carbonyl (C=O) groups excluding carboxylic acids is 1. The molecule has 0 bridgehead atoms. The third kappa shape index (κ3) is 5.00. The van der Waals surface area contributed by atoms with Gasteiger partial charge in [-0.3, -0.25) is 4.79 Å². The van der Waals surface area contributed by atoms with E-state index in [-0.39, 0.29) is 5.91 Å². The van der Waals surface area contributed by atoms with E-state index in [1.165, 1.54) is 17.8 Å². The maximum Gasteiger partial charge on any atom is 0.244 e. The summed E-state index contributed by atoms with van der Waals surface area (Å²) in [6.45, 7) is 0.448. The molecule has 1 amide bonds. The smallest absolute Gasteiger partial charge is 0.244 e. The lowest BCUT2D eigenvalue weighted by Gasteiger charge is -2.08. The predicted molar refractivity (Wildman–Crippen MR) is 86.3 cm³/mol. The summed E-state index contributed by atoms with van der Waals surface area (Å²) in [4.78, 5) is 12.9. The Balaban J connectivity index is 1.82. The molecule has 0 spiro atoms. The summed E-state index contributed by atoms with van der Waals surface area (Å²) in [6.07, 6.45) is 1.53. The molecular formula is C17H17NO2S. The molecule has 0 aromatic heterocycles. The summed E-state index contributed by atoms with van der Waals surface area (Å²) in [5, 5.41) is 4.63. The first-order valence-electron chi connectivity index (χ1n) is 6.57. The number of para-hydroxylation sites is 1. The first-order valence-corrected chi connectivity index (χ1v) is 7.45. The minimum Gasteiger partial charge on any atom is -0.496 e. The zero-order chi connectivity index (χ0) is 14.9. The van der Waals surface area contributed by atoms with E-state index in [1.54, 1.807) is 12.5 Å². The Morgan fingerprint density at radius 1 is 1.14 bits per heavy atom. The lowest BCUT2D eigenvalue weighted by molar-refractivity contribution is -0.116. The first-order chi connectivity index (χ1) is 10.3. The average molecular weight is 299 g/mol. The molecule has 0 aliphatic rings. The number of methoxy groups -OCH3 is 1. The average Bonchev–Trinajstić information content (AvgIpc) is 2.54. The minimum atomic E-state index is -0.121. The highest BCUT2D eigenvalue weighted by molar-refractivity contribution is 8.02. The number of nitrogens with one attached hydrogen (secondary N) is 1. The van der Waals surface area contributed by atoms with Gasteiger partial charge in [0.2, 0.25) is 5.91 Å². The van der Waals surface area contributed by atoms with Crippen LogP contribution < -0.4 is 10.1 Å². The van der Waals surface area contributed by atoms with Gasteiger partial charge in [0.25, 0.3) is 0 Å². The largest absolute Gasteiger partial charge is 0.496 e. The second-order valence-corrected chi connectivity index (χ2v) is 5.24. The standard InChI is InChI=1S/C17H17NO2S/c1-20-16-10-6-5-7-14(16)13-18-17(19)11-12-21-15-8-3-2-4-9-15/h2-12H,13H2,1H3,(H,18,19)/b12-11+. The summed E-state index contributed by atoms with van der Waals surface area (Å²) < 4.78 is 5.24. The van der Waals surface area contributed by atoms with E-state index in [2.05, 4.69) is 5.32 Å². The third-order valence-electron chi connectivity index (χ3n) is 2.81. The Morgan fingerprint density at radius 3 is 2.62 bits per heavy atom. The highest BCUT2D eigenvalue weighted by Gasteiger charge is 2.02. The summed E-state index contributed by atoms with van der Waals surface area (Å²) >= 11 is 1.51. The van der Waals surface area contributed by atoms with Gasteiger partial charge in [0.05, 0.1) is 7.11 Å². The van der Waals surface area contributed by atoms with Gasteiger partial charge in [-0.1, -0.05) is 48.2 Å². The Labute approximate surface area is 129 Å². The second kappa shape index (κ2) is 8.17. The molecule has 0 heterocycles. The molecule has 0 aliphatic carbocycles. The van der Waals surface area contributed by atoms with Crippen molar-refractivity contribution in [2.75, 3.05) is 7.11 Å². The fraction of sp³-hybridized carbons (Fsp3) is 0.118. The predicted octanol–water partition coefficient (Wildman–Crippen LogP) is 3.62. The van der Waals surface area contributed by atoms with E-state index in [9.17, 15) is 4.79 Å². The molecule has 2 aromatic rings. The molecule has 0 unspecified atom stereocenters. The van der Waals surface area contributed by atoms with Crippen molar-refractivity contribution in [3.63, 3.8) is 0 Å². The van der Waals surface area contributed by atoms with Crippen LogP contribution in [0.5, 0.6) is 5.75 Å². The fourth-order valence-corrected chi connectivity index (χ4v) is 2.43. The van der Waals surface area contributed by atoms with Crippen LogP contribution in [0, 0.1) is 0 Å². The van der Waals surface area contributed by atoms with Crippen LogP contribution in [0.4, 0.5) is 0 Å². The molecule has 0 atom stereocenters. The SMILES string of the molecule is COc1ccccc1CNC(=O)/C=C/Sc1ccccc1. The number of hydrogen-bond acceptors (Lipinski definition) is 3. The van der Waals surface area contributed by atoms with Gasteiger partial charge in [-0.25, -0.2) is 0 Å². The van der Waals surface area contributed by atoms with Crippen LogP contribution in [0.1, 0.15) is 5.56 Å². The number of amides is 1. The van der Waals surface area contributed by atoms with Crippen molar-refractivity contribution in [3.05, 3.63) is 71.6 Å². The second-order valence-electron chi connectivity index (χ2n) is 4.26. The Hall–Kier alpha value is -2.20. The van der Waals surface area contributed by atoms with Crippen molar-refractivity contribution in [3.8, 4) is 5.75 Å². The molecule has 1 N–H and O–H groups in total. The van der Waals surface area contributed by atoms with Crippen LogP contribution in [0.25, 0.3) is 0 Å². The monoisotopic (exact) mass is 299 g/mol. The van der Waals surface area contributed by atoms with Gasteiger partial charge in [-0.2, -0.15) is 0 Å². The maximum absolute atomic E-state index is 11.8. The molecule has 0 fully saturated rings. The summed E-state index contributed by atoms with van der Waals surface area (Å²) in [5.41, 5.74) is 0.956. The topological polar surface area (TPSA) is 38.3 Å². The third-order valence-corrected chi connectivity index (χ3v) is 3.63. The van der Waals surface area contributed by atoms with Crippen molar-refractivity contribution in [1.29, 1.82) is 0 Å². The quantitative estimate of drug-likeness (QED) is 0.654. The fourth-order valence-electron chi connectivity index (χ4n) is 1.76. The lowest BCUT2D eigenvalue weighted by atomic mass is 10.2. The zero-order valence-corrected chi connectivity index (χ0v) is 12.6. The van der Waals surface area contributed by atoms with E-state index < -0.39 is 0 Å². The van der Waals surface area contributed by atoms with Crippen LogP contribution in [0.2, 0.25) is 0 Å². The van der Waals surface area contributed by atoms with Crippen molar-refractivity contribution in [1.82, 2.24) is 5.32 Å². The summed E-state index contributed by atoms with van der Waals surface area (Å²) in [5.74, 6) is 0.657. The van der Waals surface area contributed by atoms with Crippen molar-refractivity contribution in [2.45, 2.75) is 11.4 Å². The number of hydrogen-bond donors (Lipinski definition) is 1. The number of rotatable bonds is 6. The van der Waals surface area contributed by atoms with Crippen LogP contribution in [-0.4, -0.2) is 13.0 Å². The molecule has 0 radical (unpaired) electrons.